The Kier molecular flexibility index (Phi) is 3.85. The number of hydrogen-bond donors (Lipinski definition) is 1. The van der Waals surface area contributed by atoms with E-state index >= 15 is 0 Å². The summed E-state index contributed by atoms with van der Waals surface area (Å²) in [5, 5.41) is 12.6. The number of rotatable bonds is 3. The molecule has 1 aliphatic heterocycles. The molecule has 2 heterocycles. The molecule has 1 atom stereocenters. The van der Waals surface area contributed by atoms with Crippen molar-refractivity contribution >= 4 is 0 Å². The van der Waals surface area contributed by atoms with Gasteiger partial charge in [-0.3, -0.25) is 0 Å². The molecule has 1 saturated carbocycles. The van der Waals surface area contributed by atoms with Crippen LogP contribution in [0, 0.1) is 11.3 Å². The summed E-state index contributed by atoms with van der Waals surface area (Å²) in [6, 6.07) is 0.323. The lowest BCUT2D eigenvalue weighted by Crippen LogP contribution is -2.41. The Balaban J connectivity index is 1.72. The number of hydrogen-bond acceptors (Lipinski definition) is 3. The summed E-state index contributed by atoms with van der Waals surface area (Å²) in [6.07, 6.45) is 8.11. The van der Waals surface area contributed by atoms with Gasteiger partial charge in [0.1, 0.15) is 5.82 Å². The summed E-state index contributed by atoms with van der Waals surface area (Å²) in [4.78, 5) is 0. The van der Waals surface area contributed by atoms with Crippen molar-refractivity contribution in [1.82, 2.24) is 20.1 Å². The monoisotopic (exact) mass is 276 g/mol. The summed E-state index contributed by atoms with van der Waals surface area (Å²) in [7, 11) is 0. The normalized spacial score (nSPS) is 24.1. The summed E-state index contributed by atoms with van der Waals surface area (Å²) in [6.45, 7) is 8.87. The third-order valence-corrected chi connectivity index (χ3v) is 4.92. The molecule has 0 radical (unpaired) electrons. The zero-order valence-electron chi connectivity index (χ0n) is 13.2. The van der Waals surface area contributed by atoms with Gasteiger partial charge in [-0.15, -0.1) is 10.2 Å². The van der Waals surface area contributed by atoms with Crippen LogP contribution < -0.4 is 5.32 Å². The second-order valence-corrected chi connectivity index (χ2v) is 7.57. The van der Waals surface area contributed by atoms with Crippen molar-refractivity contribution in [3.63, 3.8) is 0 Å². The largest absolute Gasteiger partial charge is 0.312 e. The van der Waals surface area contributed by atoms with E-state index in [1.807, 2.05) is 0 Å². The maximum atomic E-state index is 4.50. The Morgan fingerprint density at radius 3 is 2.65 bits per heavy atom. The van der Waals surface area contributed by atoms with Crippen LogP contribution in [-0.4, -0.2) is 21.3 Å². The van der Waals surface area contributed by atoms with Gasteiger partial charge in [0.2, 0.25) is 0 Å². The lowest BCUT2D eigenvalue weighted by Gasteiger charge is -2.34. The molecule has 112 valence electrons. The van der Waals surface area contributed by atoms with E-state index in [9.17, 15) is 0 Å². The van der Waals surface area contributed by atoms with Gasteiger partial charge < -0.3 is 9.88 Å². The number of aryl methyl sites for hydroxylation is 1. The van der Waals surface area contributed by atoms with Crippen molar-refractivity contribution in [2.45, 2.75) is 71.9 Å². The van der Waals surface area contributed by atoms with Gasteiger partial charge in [-0.2, -0.15) is 0 Å². The van der Waals surface area contributed by atoms with Crippen LogP contribution in [0.5, 0.6) is 0 Å². The molecule has 0 bridgehead atoms. The van der Waals surface area contributed by atoms with Crippen molar-refractivity contribution in [1.29, 1.82) is 0 Å². The number of fused-ring (bicyclic) bond motifs is 1. The number of nitrogens with one attached hydrogen (secondary N) is 1. The van der Waals surface area contributed by atoms with Crippen LogP contribution in [0.25, 0.3) is 0 Å². The van der Waals surface area contributed by atoms with Gasteiger partial charge in [0.25, 0.3) is 0 Å². The molecule has 2 aliphatic rings. The molecule has 1 aromatic heterocycles. The molecule has 0 aromatic carbocycles. The van der Waals surface area contributed by atoms with E-state index in [-0.39, 0.29) is 5.41 Å². The molecule has 0 spiro atoms. The van der Waals surface area contributed by atoms with Gasteiger partial charge in [-0.25, -0.2) is 0 Å². The molecule has 1 aliphatic carbocycles. The Bertz CT molecular complexity index is 452. The fourth-order valence-corrected chi connectivity index (χ4v) is 3.73. The molecular formula is C16H28N4. The first-order valence-electron chi connectivity index (χ1n) is 8.21. The first-order valence-corrected chi connectivity index (χ1v) is 8.21. The van der Waals surface area contributed by atoms with Crippen molar-refractivity contribution in [3.05, 3.63) is 11.6 Å². The van der Waals surface area contributed by atoms with Crippen molar-refractivity contribution in [3.8, 4) is 0 Å². The Morgan fingerprint density at radius 2 is 1.95 bits per heavy atom. The van der Waals surface area contributed by atoms with Gasteiger partial charge in [0.05, 0.1) is 6.04 Å². The summed E-state index contributed by atoms with van der Waals surface area (Å²) >= 11 is 0. The minimum atomic E-state index is 0.188. The molecule has 1 fully saturated rings. The van der Waals surface area contributed by atoms with Crippen LogP contribution in [0.15, 0.2) is 0 Å². The number of nitrogens with zero attached hydrogens (tertiary/aromatic N) is 3. The van der Waals surface area contributed by atoms with Crippen molar-refractivity contribution < 1.29 is 0 Å². The van der Waals surface area contributed by atoms with Gasteiger partial charge in [0.15, 0.2) is 5.82 Å². The lowest BCUT2D eigenvalue weighted by molar-refractivity contribution is 0.232. The van der Waals surface area contributed by atoms with E-state index in [1.54, 1.807) is 0 Å². The molecule has 0 amide bonds. The summed E-state index contributed by atoms with van der Waals surface area (Å²) < 4.78 is 2.38. The summed E-state index contributed by atoms with van der Waals surface area (Å²) in [5.74, 6) is 3.29. The zero-order chi connectivity index (χ0) is 14.2. The quantitative estimate of drug-likeness (QED) is 0.922. The highest BCUT2D eigenvalue weighted by Gasteiger charge is 2.33. The van der Waals surface area contributed by atoms with E-state index < -0.39 is 0 Å². The predicted octanol–water partition coefficient (Wildman–Crippen LogP) is 3.09. The van der Waals surface area contributed by atoms with Crippen LogP contribution in [0.2, 0.25) is 0 Å². The molecule has 4 heteroatoms. The van der Waals surface area contributed by atoms with Gasteiger partial charge >= 0.3 is 0 Å². The minimum Gasteiger partial charge on any atom is -0.312 e. The highest BCUT2D eigenvalue weighted by molar-refractivity contribution is 5.08. The molecule has 3 rings (SSSR count). The average molecular weight is 276 g/mol. The van der Waals surface area contributed by atoms with Crippen LogP contribution in [-0.2, 0) is 13.0 Å². The van der Waals surface area contributed by atoms with Crippen molar-refractivity contribution in [2.75, 3.05) is 6.54 Å². The van der Waals surface area contributed by atoms with Crippen molar-refractivity contribution in [2.24, 2.45) is 11.3 Å². The van der Waals surface area contributed by atoms with Gasteiger partial charge in [-0.1, -0.05) is 46.5 Å². The third kappa shape index (κ3) is 2.76. The van der Waals surface area contributed by atoms with E-state index in [4.69, 9.17) is 0 Å². The highest BCUT2D eigenvalue weighted by Crippen LogP contribution is 2.34. The molecule has 1 N–H and O–H groups in total. The van der Waals surface area contributed by atoms with E-state index in [1.165, 1.54) is 37.9 Å². The maximum Gasteiger partial charge on any atom is 0.150 e. The SMILES string of the molecule is CC(C)(C)C1NCCn2c(CCC3CCCC3)nnc21. The topological polar surface area (TPSA) is 42.7 Å². The molecule has 4 nitrogen and oxygen atoms in total. The van der Waals surface area contributed by atoms with Crippen LogP contribution in [0.1, 0.15) is 70.6 Å². The van der Waals surface area contributed by atoms with E-state index in [0.29, 0.717) is 6.04 Å². The van der Waals surface area contributed by atoms with Gasteiger partial charge in [0, 0.05) is 19.5 Å². The first-order chi connectivity index (χ1) is 9.55. The first kappa shape index (κ1) is 14.1. The lowest BCUT2D eigenvalue weighted by atomic mass is 9.85. The standard InChI is InChI=1S/C16H28N4/c1-16(2,3)14-15-19-18-13(20(15)11-10-17-14)9-8-12-6-4-5-7-12/h12,14,17H,4-11H2,1-3H3. The fourth-order valence-electron chi connectivity index (χ4n) is 3.73. The maximum absolute atomic E-state index is 4.50. The van der Waals surface area contributed by atoms with E-state index in [0.717, 1.165) is 31.3 Å². The second-order valence-electron chi connectivity index (χ2n) is 7.57. The van der Waals surface area contributed by atoms with Crippen LogP contribution in [0.4, 0.5) is 0 Å². The third-order valence-electron chi connectivity index (χ3n) is 4.92. The highest BCUT2D eigenvalue weighted by atomic mass is 15.3. The van der Waals surface area contributed by atoms with Crippen LogP contribution in [0.3, 0.4) is 0 Å². The van der Waals surface area contributed by atoms with Crippen LogP contribution >= 0.6 is 0 Å². The Hall–Kier alpha value is -0.900. The zero-order valence-corrected chi connectivity index (χ0v) is 13.2. The predicted molar refractivity (Wildman–Crippen MR) is 80.5 cm³/mol. The minimum absolute atomic E-state index is 0.188. The summed E-state index contributed by atoms with van der Waals surface area (Å²) in [5.41, 5.74) is 0.188. The molecule has 20 heavy (non-hydrogen) atoms. The molecule has 1 unspecified atom stereocenters. The second kappa shape index (κ2) is 5.47. The fraction of sp³-hybridized carbons (Fsp3) is 0.875. The average Bonchev–Trinajstić information content (AvgIpc) is 3.04. The number of aromatic nitrogens is 3. The Morgan fingerprint density at radius 1 is 1.20 bits per heavy atom. The van der Waals surface area contributed by atoms with E-state index in [2.05, 4.69) is 40.9 Å². The Labute approximate surface area is 122 Å². The molecule has 1 aromatic rings. The molecule has 0 saturated heterocycles. The van der Waals surface area contributed by atoms with Gasteiger partial charge in [-0.05, 0) is 17.8 Å². The smallest absolute Gasteiger partial charge is 0.150 e. The molecular weight excluding hydrogens is 248 g/mol.